The summed E-state index contributed by atoms with van der Waals surface area (Å²) >= 11 is 3.72. The Balaban J connectivity index is 1.02. The van der Waals surface area contributed by atoms with Crippen LogP contribution in [0.4, 0.5) is 17.3 Å². The van der Waals surface area contributed by atoms with Crippen molar-refractivity contribution in [1.29, 1.82) is 0 Å². The van der Waals surface area contributed by atoms with Crippen molar-refractivity contribution < 1.29 is 0 Å². The summed E-state index contributed by atoms with van der Waals surface area (Å²) < 4.78 is 0. The highest BCUT2D eigenvalue weighted by molar-refractivity contribution is 7.25. The highest BCUT2D eigenvalue weighted by atomic mass is 32.1. The first-order chi connectivity index (χ1) is 33.5. The van der Waals surface area contributed by atoms with Crippen LogP contribution >= 0.6 is 22.7 Å². The van der Waals surface area contributed by atoms with Crippen LogP contribution in [0.2, 0.25) is 0 Å². The molecule has 4 aromatic heterocycles. The molecule has 0 unspecified atom stereocenters. The molecule has 11 aromatic rings. The second kappa shape index (κ2) is 16.1. The van der Waals surface area contributed by atoms with E-state index in [9.17, 15) is 0 Å². The van der Waals surface area contributed by atoms with Crippen molar-refractivity contribution in [2.24, 2.45) is 0 Å². The molecule has 13 rings (SSSR count). The van der Waals surface area contributed by atoms with Crippen LogP contribution in [0.15, 0.2) is 212 Å². The monoisotopic (exact) mass is 907 g/mol. The van der Waals surface area contributed by atoms with Gasteiger partial charge in [0.25, 0.3) is 0 Å². The van der Waals surface area contributed by atoms with Crippen LogP contribution in [0.3, 0.4) is 0 Å². The maximum Gasteiger partial charge on any atom is 0.238 e. The number of nitrogens with zero attached hydrogens (tertiary/aromatic N) is 5. The van der Waals surface area contributed by atoms with Crippen LogP contribution in [-0.2, 0) is 5.41 Å². The van der Waals surface area contributed by atoms with Gasteiger partial charge in [0.1, 0.15) is 0 Å². The summed E-state index contributed by atoms with van der Waals surface area (Å²) in [7, 11) is 0. The molecule has 7 heteroatoms. The van der Waals surface area contributed by atoms with Crippen LogP contribution in [0.25, 0.3) is 75.8 Å². The lowest BCUT2D eigenvalue weighted by Gasteiger charge is -2.43. The molecule has 0 saturated carbocycles. The summed E-state index contributed by atoms with van der Waals surface area (Å²) in [5, 5.41) is 0. The average molecular weight is 908 g/mol. The van der Waals surface area contributed by atoms with Crippen LogP contribution in [0.5, 0.6) is 0 Å². The highest BCUT2D eigenvalue weighted by Gasteiger charge is 2.54. The van der Waals surface area contributed by atoms with Crippen molar-refractivity contribution in [1.82, 2.24) is 19.9 Å². The molecule has 0 saturated heterocycles. The maximum atomic E-state index is 5.44. The average Bonchev–Trinajstić information content (AvgIpc) is 4.10. The number of rotatable bonds is 7. The predicted octanol–water partition coefficient (Wildman–Crippen LogP) is 16.2. The van der Waals surface area contributed by atoms with Gasteiger partial charge >= 0.3 is 0 Å². The van der Waals surface area contributed by atoms with E-state index in [1.54, 1.807) is 0 Å². The summed E-state index contributed by atoms with van der Waals surface area (Å²) in [6, 6.07) is 73.8. The zero-order valence-corrected chi connectivity index (χ0v) is 38.9. The summed E-state index contributed by atoms with van der Waals surface area (Å²) in [5.41, 5.74) is 17.5. The largest absolute Gasteiger partial charge is 0.278 e. The van der Waals surface area contributed by atoms with Gasteiger partial charge < -0.3 is 0 Å². The first-order valence-corrected chi connectivity index (χ1v) is 24.5. The van der Waals surface area contributed by atoms with Gasteiger partial charge in [-0.3, -0.25) is 9.88 Å². The third-order valence-corrected chi connectivity index (χ3v) is 16.1. The van der Waals surface area contributed by atoms with Gasteiger partial charge in [-0.05, 0) is 111 Å². The Kier molecular flexibility index (Phi) is 9.49. The van der Waals surface area contributed by atoms with E-state index in [-0.39, 0.29) is 0 Å². The van der Waals surface area contributed by atoms with E-state index in [0.29, 0.717) is 17.6 Å². The fraction of sp³-hybridized carbons (Fsp3) is 0.0492. The standard InChI is InChI=1S/C61H41N5S2/c1-38-16-6-8-20-45(38)40-27-31-43(32-28-40)58-63-59(44-33-29-41(30-34-44)46-21-9-7-17-39(46)2)65-60(64-58)66-52-25-12-10-22-47(52)61(48-23-11-13-26-53(48)66)49-36-54(42-18-4-3-5-19-42)67-56(49)57-50(61)37-55(68-57)51-24-14-15-35-62-51/h3-37H,1-2H3. The minimum atomic E-state index is -0.628. The molecule has 0 amide bonds. The highest BCUT2D eigenvalue weighted by Crippen LogP contribution is 2.67. The van der Waals surface area contributed by atoms with Gasteiger partial charge in [-0.25, -0.2) is 4.98 Å². The molecule has 0 radical (unpaired) electrons. The number of anilines is 3. The Labute approximate surface area is 403 Å². The zero-order chi connectivity index (χ0) is 45.3. The van der Waals surface area contributed by atoms with Gasteiger partial charge in [0.05, 0.1) is 37.1 Å². The second-order valence-electron chi connectivity index (χ2n) is 17.5. The normalized spacial score (nSPS) is 12.9. The van der Waals surface area contributed by atoms with Crippen molar-refractivity contribution >= 4 is 40.0 Å². The van der Waals surface area contributed by atoms with Gasteiger partial charge in [0.2, 0.25) is 5.95 Å². The summed E-state index contributed by atoms with van der Waals surface area (Å²) in [6.45, 7) is 4.31. The molecule has 0 fully saturated rings. The van der Waals surface area contributed by atoms with Crippen molar-refractivity contribution in [3.8, 4) is 75.8 Å². The Morgan fingerprint density at radius 3 is 1.41 bits per heavy atom. The first-order valence-electron chi connectivity index (χ1n) is 22.9. The van der Waals surface area contributed by atoms with Crippen LogP contribution in [0, 0.1) is 13.8 Å². The number of benzene rings is 7. The Bertz CT molecular complexity index is 3470. The van der Waals surface area contributed by atoms with Crippen molar-refractivity contribution in [3.05, 3.63) is 246 Å². The molecule has 5 heterocycles. The molecule has 5 nitrogen and oxygen atoms in total. The summed E-state index contributed by atoms with van der Waals surface area (Å²) in [4.78, 5) is 28.2. The molecule has 7 aromatic carbocycles. The second-order valence-corrected chi connectivity index (χ2v) is 19.6. The fourth-order valence-corrected chi connectivity index (χ4v) is 12.9. The number of para-hydroxylation sites is 2. The molecule has 322 valence electrons. The van der Waals surface area contributed by atoms with Crippen molar-refractivity contribution in [2.45, 2.75) is 19.3 Å². The molecule has 0 N–H and O–H groups in total. The smallest absolute Gasteiger partial charge is 0.238 e. The van der Waals surface area contributed by atoms with E-state index < -0.39 is 5.41 Å². The predicted molar refractivity (Wildman–Crippen MR) is 281 cm³/mol. The third kappa shape index (κ3) is 6.34. The van der Waals surface area contributed by atoms with Crippen molar-refractivity contribution in [3.63, 3.8) is 0 Å². The maximum absolute atomic E-state index is 5.44. The fourth-order valence-electron chi connectivity index (χ4n) is 10.4. The lowest BCUT2D eigenvalue weighted by molar-refractivity contribution is 0.752. The van der Waals surface area contributed by atoms with Crippen LogP contribution < -0.4 is 4.90 Å². The number of aromatic nitrogens is 4. The number of hydrogen-bond donors (Lipinski definition) is 0. The molecule has 1 aliphatic carbocycles. The summed E-state index contributed by atoms with van der Waals surface area (Å²) in [5.74, 6) is 1.76. The Morgan fingerprint density at radius 1 is 0.397 bits per heavy atom. The molecule has 2 aliphatic rings. The summed E-state index contributed by atoms with van der Waals surface area (Å²) in [6.07, 6.45) is 1.89. The van der Waals surface area contributed by atoms with E-state index >= 15 is 0 Å². The minimum absolute atomic E-state index is 0.555. The van der Waals surface area contributed by atoms with Crippen molar-refractivity contribution in [2.75, 3.05) is 4.90 Å². The third-order valence-electron chi connectivity index (χ3n) is 13.6. The number of fused-ring (bicyclic) bond motifs is 9. The van der Waals surface area contributed by atoms with E-state index in [2.05, 4.69) is 219 Å². The quantitative estimate of drug-likeness (QED) is 0.159. The molecule has 68 heavy (non-hydrogen) atoms. The molecule has 0 bridgehead atoms. The minimum Gasteiger partial charge on any atom is -0.278 e. The van der Waals surface area contributed by atoms with Gasteiger partial charge in [-0.15, -0.1) is 22.7 Å². The molecule has 1 spiro atoms. The molecular formula is C61H41N5S2. The first kappa shape index (κ1) is 40.2. The number of pyridine rings is 1. The van der Waals surface area contributed by atoms with E-state index in [1.165, 1.54) is 64.7 Å². The molecule has 0 atom stereocenters. The van der Waals surface area contributed by atoms with E-state index in [4.69, 9.17) is 19.9 Å². The number of hydrogen-bond acceptors (Lipinski definition) is 7. The molecular weight excluding hydrogens is 867 g/mol. The molecule has 1 aliphatic heterocycles. The van der Waals surface area contributed by atoms with Crippen LogP contribution in [0.1, 0.15) is 33.4 Å². The zero-order valence-electron chi connectivity index (χ0n) is 37.3. The van der Waals surface area contributed by atoms with Gasteiger partial charge in [-0.1, -0.05) is 170 Å². The topological polar surface area (TPSA) is 54.8 Å². The number of aryl methyl sites for hydroxylation is 2. The van der Waals surface area contributed by atoms with E-state index in [1.807, 2.05) is 34.9 Å². The van der Waals surface area contributed by atoms with Gasteiger partial charge in [0.15, 0.2) is 11.6 Å². The Morgan fingerprint density at radius 2 is 0.868 bits per heavy atom. The lowest BCUT2D eigenvalue weighted by atomic mass is 9.65. The van der Waals surface area contributed by atoms with Crippen LogP contribution in [-0.4, -0.2) is 19.9 Å². The lowest BCUT2D eigenvalue weighted by Crippen LogP contribution is -2.36. The SMILES string of the molecule is Cc1ccccc1-c1ccc(-c2nc(-c3ccc(-c4ccccc4C)cc3)nc(N3c4ccccc4C4(c5ccccc53)c3cc(-c5ccccc5)sc3-c3sc(-c5ccccn5)cc34)n2)cc1. The van der Waals surface area contributed by atoms with Gasteiger partial charge in [-0.2, -0.15) is 9.97 Å². The van der Waals surface area contributed by atoms with Gasteiger partial charge in [0, 0.05) is 22.2 Å². The Hall–Kier alpha value is -8.10. The number of thiophene rings is 2. The van der Waals surface area contributed by atoms with E-state index in [0.717, 1.165) is 44.2 Å².